The van der Waals surface area contributed by atoms with Crippen LogP contribution in [0.15, 0.2) is 24.3 Å². The first-order valence-electron chi connectivity index (χ1n) is 6.89. The van der Waals surface area contributed by atoms with Crippen LogP contribution in [0.3, 0.4) is 0 Å². The van der Waals surface area contributed by atoms with Crippen LogP contribution < -0.4 is 21.7 Å². The molecular weight excluding hydrogens is 268 g/mol. The van der Waals surface area contributed by atoms with Crippen molar-refractivity contribution in [1.29, 1.82) is 0 Å². The van der Waals surface area contributed by atoms with Gasteiger partial charge in [-0.05, 0) is 45.4 Å². The largest absolute Gasteiger partial charge is 0.350 e. The van der Waals surface area contributed by atoms with Crippen molar-refractivity contribution in [2.75, 3.05) is 11.9 Å². The summed E-state index contributed by atoms with van der Waals surface area (Å²) in [5.41, 5.74) is 7.07. The van der Waals surface area contributed by atoms with Crippen LogP contribution in [-0.2, 0) is 4.79 Å². The number of hydrogen-bond donors (Lipinski definition) is 4. The van der Waals surface area contributed by atoms with Crippen LogP contribution in [0.25, 0.3) is 0 Å². The number of nitrogens with one attached hydrogen (secondary N) is 3. The molecule has 1 rings (SSSR count). The lowest BCUT2D eigenvalue weighted by molar-refractivity contribution is -0.121. The van der Waals surface area contributed by atoms with Crippen molar-refractivity contribution in [1.82, 2.24) is 10.6 Å². The van der Waals surface area contributed by atoms with Gasteiger partial charge in [-0.15, -0.1) is 0 Å². The van der Waals surface area contributed by atoms with Gasteiger partial charge in [0, 0.05) is 17.3 Å². The standard InChI is InChI=1S/C15H24N4O2/c1-10(16)11-5-7-12(8-6-11)18-14(21)17-9-13(20)19-15(2,3)4/h5-8,10H,9,16H2,1-4H3,(H,19,20)(H2,17,18,21). The molecule has 0 spiro atoms. The van der Waals surface area contributed by atoms with Gasteiger partial charge in [0.25, 0.3) is 0 Å². The summed E-state index contributed by atoms with van der Waals surface area (Å²) < 4.78 is 0. The molecule has 0 heterocycles. The molecule has 1 unspecified atom stereocenters. The van der Waals surface area contributed by atoms with Crippen LogP contribution in [0.5, 0.6) is 0 Å². The molecule has 6 heteroatoms. The maximum absolute atomic E-state index is 11.7. The van der Waals surface area contributed by atoms with Crippen molar-refractivity contribution in [2.24, 2.45) is 5.73 Å². The lowest BCUT2D eigenvalue weighted by Crippen LogP contribution is -2.46. The van der Waals surface area contributed by atoms with Gasteiger partial charge >= 0.3 is 6.03 Å². The quantitative estimate of drug-likeness (QED) is 0.680. The van der Waals surface area contributed by atoms with Crippen LogP contribution >= 0.6 is 0 Å². The first kappa shape index (κ1) is 17.0. The Morgan fingerprint density at radius 1 is 1.19 bits per heavy atom. The minimum atomic E-state index is -0.424. The smallest absolute Gasteiger partial charge is 0.319 e. The average Bonchev–Trinajstić information content (AvgIpc) is 2.35. The minimum absolute atomic E-state index is 0.0472. The van der Waals surface area contributed by atoms with Crippen molar-refractivity contribution in [3.8, 4) is 0 Å². The Morgan fingerprint density at radius 2 is 1.76 bits per heavy atom. The maximum atomic E-state index is 11.7. The zero-order chi connectivity index (χ0) is 16.0. The van der Waals surface area contributed by atoms with Gasteiger partial charge in [0.15, 0.2) is 0 Å². The number of hydrogen-bond acceptors (Lipinski definition) is 3. The molecule has 0 bridgehead atoms. The molecule has 0 aliphatic heterocycles. The van der Waals surface area contributed by atoms with Crippen LogP contribution in [0.2, 0.25) is 0 Å². The molecule has 1 aromatic rings. The first-order valence-corrected chi connectivity index (χ1v) is 6.89. The van der Waals surface area contributed by atoms with Gasteiger partial charge in [-0.3, -0.25) is 4.79 Å². The van der Waals surface area contributed by atoms with Crippen molar-refractivity contribution >= 4 is 17.6 Å². The third kappa shape index (κ3) is 6.76. The van der Waals surface area contributed by atoms with E-state index in [1.54, 1.807) is 12.1 Å². The monoisotopic (exact) mass is 292 g/mol. The van der Waals surface area contributed by atoms with Crippen molar-refractivity contribution < 1.29 is 9.59 Å². The molecule has 0 aliphatic rings. The fraction of sp³-hybridized carbons (Fsp3) is 0.467. The van der Waals surface area contributed by atoms with E-state index in [2.05, 4.69) is 16.0 Å². The highest BCUT2D eigenvalue weighted by Gasteiger charge is 2.14. The minimum Gasteiger partial charge on any atom is -0.350 e. The summed E-state index contributed by atoms with van der Waals surface area (Å²) in [5, 5.41) is 7.92. The normalized spacial score (nSPS) is 12.4. The molecule has 5 N–H and O–H groups in total. The second kappa shape index (κ2) is 7.08. The molecule has 116 valence electrons. The number of benzene rings is 1. The summed E-state index contributed by atoms with van der Waals surface area (Å²) in [4.78, 5) is 23.2. The van der Waals surface area contributed by atoms with E-state index in [-0.39, 0.29) is 24.0 Å². The molecule has 1 atom stereocenters. The fourth-order valence-electron chi connectivity index (χ4n) is 1.67. The Balaban J connectivity index is 2.42. The number of nitrogens with two attached hydrogens (primary N) is 1. The summed E-state index contributed by atoms with van der Waals surface area (Å²) in [6.07, 6.45) is 0. The van der Waals surface area contributed by atoms with Gasteiger partial charge in [-0.25, -0.2) is 4.79 Å². The number of urea groups is 1. The lowest BCUT2D eigenvalue weighted by Gasteiger charge is -2.20. The predicted octanol–water partition coefficient (Wildman–Crippen LogP) is 1.74. The first-order chi connectivity index (χ1) is 9.67. The van der Waals surface area contributed by atoms with E-state index in [0.29, 0.717) is 5.69 Å². The van der Waals surface area contributed by atoms with Crippen molar-refractivity contribution in [3.05, 3.63) is 29.8 Å². The second-order valence-corrected chi connectivity index (χ2v) is 6.02. The summed E-state index contributed by atoms with van der Waals surface area (Å²) in [7, 11) is 0. The molecule has 0 aromatic heterocycles. The summed E-state index contributed by atoms with van der Waals surface area (Å²) in [5.74, 6) is -0.232. The van der Waals surface area contributed by atoms with Crippen molar-refractivity contribution in [3.63, 3.8) is 0 Å². The predicted molar refractivity (Wildman–Crippen MR) is 84.0 cm³/mol. The van der Waals surface area contributed by atoms with Crippen LogP contribution in [-0.4, -0.2) is 24.0 Å². The lowest BCUT2D eigenvalue weighted by atomic mass is 10.1. The molecule has 1 aromatic carbocycles. The van der Waals surface area contributed by atoms with Crippen LogP contribution in [0.4, 0.5) is 10.5 Å². The SMILES string of the molecule is CC(N)c1ccc(NC(=O)NCC(=O)NC(C)(C)C)cc1. The Labute approximate surface area is 125 Å². The van der Waals surface area contributed by atoms with E-state index in [1.165, 1.54) is 0 Å². The molecule has 0 aliphatic carbocycles. The average molecular weight is 292 g/mol. The highest BCUT2D eigenvalue weighted by atomic mass is 16.2. The maximum Gasteiger partial charge on any atom is 0.319 e. The van der Waals surface area contributed by atoms with Gasteiger partial charge in [0.05, 0.1) is 6.54 Å². The van der Waals surface area contributed by atoms with Gasteiger partial charge in [0.2, 0.25) is 5.91 Å². The molecule has 0 radical (unpaired) electrons. The molecule has 21 heavy (non-hydrogen) atoms. The van der Waals surface area contributed by atoms with E-state index in [0.717, 1.165) is 5.56 Å². The highest BCUT2D eigenvalue weighted by Crippen LogP contribution is 2.13. The highest BCUT2D eigenvalue weighted by molar-refractivity contribution is 5.92. The molecule has 0 fully saturated rings. The number of carbonyl (C=O) groups is 2. The van der Waals surface area contributed by atoms with Gasteiger partial charge < -0.3 is 21.7 Å². The van der Waals surface area contributed by atoms with E-state index >= 15 is 0 Å². The summed E-state index contributed by atoms with van der Waals surface area (Å²) in [6.45, 7) is 7.46. The Kier molecular flexibility index (Phi) is 5.72. The number of anilines is 1. The zero-order valence-corrected chi connectivity index (χ0v) is 13.0. The van der Waals surface area contributed by atoms with Gasteiger partial charge in [0.1, 0.15) is 0 Å². The topological polar surface area (TPSA) is 96.2 Å². The fourth-order valence-corrected chi connectivity index (χ4v) is 1.67. The van der Waals surface area contributed by atoms with Gasteiger partial charge in [-0.1, -0.05) is 12.1 Å². The molecular formula is C15H24N4O2. The van der Waals surface area contributed by atoms with E-state index in [1.807, 2.05) is 39.8 Å². The van der Waals surface area contributed by atoms with E-state index < -0.39 is 6.03 Å². The van der Waals surface area contributed by atoms with Crippen LogP contribution in [0, 0.1) is 0 Å². The number of rotatable bonds is 4. The molecule has 0 saturated carbocycles. The van der Waals surface area contributed by atoms with Crippen LogP contribution in [0.1, 0.15) is 39.3 Å². The third-order valence-corrected chi connectivity index (χ3v) is 2.62. The molecule has 0 saturated heterocycles. The Bertz CT molecular complexity index is 489. The zero-order valence-electron chi connectivity index (χ0n) is 13.0. The van der Waals surface area contributed by atoms with E-state index in [4.69, 9.17) is 5.73 Å². The summed E-state index contributed by atoms with van der Waals surface area (Å²) in [6, 6.07) is 6.78. The third-order valence-electron chi connectivity index (χ3n) is 2.62. The van der Waals surface area contributed by atoms with Gasteiger partial charge in [-0.2, -0.15) is 0 Å². The number of carbonyl (C=O) groups excluding carboxylic acids is 2. The Hall–Kier alpha value is -2.08. The Morgan fingerprint density at radius 3 is 2.24 bits per heavy atom. The second-order valence-electron chi connectivity index (χ2n) is 6.02. The number of amides is 3. The van der Waals surface area contributed by atoms with E-state index in [9.17, 15) is 9.59 Å². The summed E-state index contributed by atoms with van der Waals surface area (Å²) >= 11 is 0. The van der Waals surface area contributed by atoms with Crippen molar-refractivity contribution in [2.45, 2.75) is 39.3 Å². The molecule has 3 amide bonds. The molecule has 6 nitrogen and oxygen atoms in total.